The number of piperazine rings is 1. The number of piperidine rings is 1. The molecule has 15 nitrogen and oxygen atoms in total. The number of nitriles is 1. The summed E-state index contributed by atoms with van der Waals surface area (Å²) < 4.78 is 47.3. The molecule has 284 valence electrons. The first kappa shape index (κ1) is 36.9. The van der Waals surface area contributed by atoms with Gasteiger partial charge >= 0.3 is 18.0 Å². The Morgan fingerprint density at radius 3 is 2.66 bits per heavy atom. The Morgan fingerprint density at radius 2 is 1.96 bits per heavy atom. The molecule has 0 radical (unpaired) electrons. The second-order valence-corrected chi connectivity index (χ2v) is 15.1. The number of amides is 1. The number of nitrogens with zero attached hydrogens (tertiary/aromatic N) is 3. The van der Waals surface area contributed by atoms with Gasteiger partial charge in [0.25, 0.3) is 0 Å². The normalized spacial score (nSPS) is 31.6. The topological polar surface area (TPSA) is 167 Å². The average molecular weight is 753 g/mol. The number of likely N-dealkylation sites (N-methyl/N-ethyl adjacent to an activating group) is 1. The third-order valence-electron chi connectivity index (χ3n) is 11.0. The lowest BCUT2D eigenvalue weighted by molar-refractivity contribution is -0.154. The Bertz CT molecular complexity index is 1810. The van der Waals surface area contributed by atoms with Crippen LogP contribution in [0.3, 0.4) is 0 Å². The van der Waals surface area contributed by atoms with E-state index in [0.29, 0.717) is 35.0 Å². The zero-order chi connectivity index (χ0) is 37.7. The van der Waals surface area contributed by atoms with Crippen LogP contribution in [0.25, 0.3) is 0 Å². The van der Waals surface area contributed by atoms with Crippen LogP contribution in [0.4, 0.5) is 4.79 Å². The number of nitrogens with one attached hydrogen (secondary N) is 1. The van der Waals surface area contributed by atoms with E-state index in [2.05, 4.69) is 33.8 Å². The van der Waals surface area contributed by atoms with Crippen molar-refractivity contribution in [1.29, 1.82) is 5.26 Å². The molecule has 4 bridgehead atoms. The van der Waals surface area contributed by atoms with Crippen molar-refractivity contribution in [2.45, 2.75) is 74.8 Å². The van der Waals surface area contributed by atoms with Gasteiger partial charge in [-0.2, -0.15) is 17.0 Å². The molecule has 5 saturated heterocycles. The number of fused-ring (bicyclic) bond motifs is 10. The van der Waals surface area contributed by atoms with E-state index in [1.165, 1.54) is 24.8 Å². The van der Waals surface area contributed by atoms with Crippen molar-refractivity contribution in [2.24, 2.45) is 5.92 Å². The van der Waals surface area contributed by atoms with Crippen LogP contribution in [-0.2, 0) is 44.4 Å². The molecule has 0 aromatic heterocycles. The van der Waals surface area contributed by atoms with E-state index in [1.54, 1.807) is 14.2 Å². The second kappa shape index (κ2) is 14.8. The van der Waals surface area contributed by atoms with Crippen LogP contribution in [-0.4, -0.2) is 123 Å². The highest BCUT2D eigenvalue weighted by Crippen LogP contribution is 2.59. The number of alkyl carbamates (subject to hydrolysis) is 1. The Balaban J connectivity index is 1.46. The minimum atomic E-state index is -1.07. The molecular weight excluding hydrogens is 708 g/mol. The van der Waals surface area contributed by atoms with Gasteiger partial charge in [-0.3, -0.25) is 14.6 Å². The highest BCUT2D eigenvalue weighted by Gasteiger charge is 2.64. The van der Waals surface area contributed by atoms with Gasteiger partial charge in [-0.05, 0) is 38.4 Å². The molecule has 1 N–H and O–H groups in total. The summed E-state index contributed by atoms with van der Waals surface area (Å²) in [6.07, 6.45) is 0.410. The average Bonchev–Trinajstić information content (AvgIpc) is 3.62. The first-order chi connectivity index (χ1) is 25.6. The molecule has 1 aromatic carbocycles. The first-order valence-electron chi connectivity index (χ1n) is 17.5. The number of rotatable bonds is 8. The van der Waals surface area contributed by atoms with E-state index >= 15 is 0 Å². The SMILES string of the molecule is C=CCOC(=O)NC1CS[C@@H]2C3C(=C4OCOC4=C(C)C3OC(C)=O)[C@H](COC1=O)N1C2[C@H]2c3c(cc(C)c(OC)c3OCOC)C[C@@H](C1C#N)N2C. The number of ether oxygens (including phenoxy) is 8. The van der Waals surface area contributed by atoms with E-state index in [0.717, 1.165) is 22.3 Å². The predicted octanol–water partition coefficient (Wildman–Crippen LogP) is 2.88. The highest BCUT2D eigenvalue weighted by atomic mass is 32.2. The van der Waals surface area contributed by atoms with Crippen LogP contribution in [0.5, 0.6) is 11.5 Å². The smallest absolute Gasteiger partial charge is 0.408 e. The largest absolute Gasteiger partial charge is 0.493 e. The standard InChI is InChI=1S/C37H44N4O11S/c1-8-9-47-37(44)39-21-14-53-35-27-26(34-32(50-16-51-34)18(3)31(27)52-19(4)42)24(13-48-36(21)43)41-23(12-38)22-11-20-10-17(2)30(46-7)33(49-15-45-6)25(20)28(29(35)41)40(22)5/h8,10,21-24,27-29,31,35H,1,9,11,13-16H2,2-7H3,(H,39,44)/t21?,22-,23?,24-,27?,28+,29?,31?,35+/m0/s1. The van der Waals surface area contributed by atoms with Gasteiger partial charge in [0.1, 0.15) is 31.4 Å². The molecule has 5 unspecified atom stereocenters. The molecule has 0 saturated carbocycles. The van der Waals surface area contributed by atoms with Gasteiger partial charge in [0.2, 0.25) is 6.79 Å². The first-order valence-corrected chi connectivity index (χ1v) is 18.5. The van der Waals surface area contributed by atoms with Crippen LogP contribution in [0, 0.1) is 24.2 Å². The molecule has 8 rings (SSSR count). The maximum absolute atomic E-state index is 13.7. The number of carbonyl (C=O) groups excluding carboxylic acids is 3. The maximum Gasteiger partial charge on any atom is 0.408 e. The number of hydrogen-bond acceptors (Lipinski definition) is 15. The molecule has 6 heterocycles. The van der Waals surface area contributed by atoms with Gasteiger partial charge < -0.3 is 43.2 Å². The fourth-order valence-corrected chi connectivity index (χ4v) is 10.7. The number of carbonyl (C=O) groups is 3. The van der Waals surface area contributed by atoms with Gasteiger partial charge in [0.05, 0.1) is 25.3 Å². The number of methoxy groups -OCH3 is 2. The van der Waals surface area contributed by atoms with Crippen LogP contribution in [0.2, 0.25) is 0 Å². The third kappa shape index (κ3) is 6.07. The lowest BCUT2D eigenvalue weighted by atomic mass is 9.66. The fourth-order valence-electron chi connectivity index (χ4n) is 9.11. The number of esters is 2. The number of aryl methyl sites for hydroxylation is 1. The van der Waals surface area contributed by atoms with Crippen LogP contribution < -0.4 is 14.8 Å². The molecule has 53 heavy (non-hydrogen) atoms. The highest BCUT2D eigenvalue weighted by molar-refractivity contribution is 8.00. The fraction of sp³-hybridized carbons (Fsp3) is 0.568. The molecule has 1 aromatic rings. The van der Waals surface area contributed by atoms with Crippen molar-refractivity contribution in [3.63, 3.8) is 0 Å². The zero-order valence-corrected chi connectivity index (χ0v) is 31.4. The molecule has 6 aliphatic heterocycles. The molecule has 0 spiro atoms. The molecule has 1 amide bonds. The van der Waals surface area contributed by atoms with Crippen molar-refractivity contribution in [3.8, 4) is 17.6 Å². The summed E-state index contributed by atoms with van der Waals surface area (Å²) >= 11 is 1.43. The Labute approximate surface area is 312 Å². The molecule has 16 heteroatoms. The summed E-state index contributed by atoms with van der Waals surface area (Å²) in [7, 11) is 5.18. The quantitative estimate of drug-likeness (QED) is 0.178. The van der Waals surface area contributed by atoms with Gasteiger partial charge in [0.15, 0.2) is 29.8 Å². The van der Waals surface area contributed by atoms with E-state index in [-0.39, 0.29) is 44.6 Å². The van der Waals surface area contributed by atoms with Crippen molar-refractivity contribution in [2.75, 3.05) is 53.8 Å². The number of hydrogen-bond donors (Lipinski definition) is 1. The van der Waals surface area contributed by atoms with E-state index in [4.69, 9.17) is 37.9 Å². The van der Waals surface area contributed by atoms with E-state index in [9.17, 15) is 19.6 Å². The molecule has 7 aliphatic rings. The second-order valence-electron chi connectivity index (χ2n) is 13.9. The van der Waals surface area contributed by atoms with Gasteiger partial charge in [-0.15, -0.1) is 0 Å². The Hall–Kier alpha value is -4.43. The third-order valence-corrected chi connectivity index (χ3v) is 12.5. The summed E-state index contributed by atoms with van der Waals surface area (Å²) in [5.74, 6) is 0.559. The lowest BCUT2D eigenvalue weighted by Crippen LogP contribution is -2.75. The monoisotopic (exact) mass is 752 g/mol. The zero-order valence-electron chi connectivity index (χ0n) is 30.5. The number of thioether (sulfide) groups is 1. The molecule has 5 fully saturated rings. The van der Waals surface area contributed by atoms with Crippen molar-refractivity contribution in [3.05, 3.63) is 58.1 Å². The summed E-state index contributed by atoms with van der Waals surface area (Å²) in [5.41, 5.74) is 4.26. The van der Waals surface area contributed by atoms with E-state index < -0.39 is 59.5 Å². The maximum atomic E-state index is 13.7. The van der Waals surface area contributed by atoms with Gasteiger partial charge in [0, 0.05) is 59.7 Å². The van der Waals surface area contributed by atoms with E-state index in [1.807, 2.05) is 20.9 Å². The molecule has 9 atom stereocenters. The summed E-state index contributed by atoms with van der Waals surface area (Å²) in [6, 6.07) is 1.21. The minimum Gasteiger partial charge on any atom is -0.493 e. The Kier molecular flexibility index (Phi) is 10.3. The number of benzene rings is 1. The van der Waals surface area contributed by atoms with Crippen molar-refractivity contribution < 1.29 is 52.3 Å². The summed E-state index contributed by atoms with van der Waals surface area (Å²) in [4.78, 5) is 43.7. The van der Waals surface area contributed by atoms with Crippen LogP contribution >= 0.6 is 11.8 Å². The summed E-state index contributed by atoms with van der Waals surface area (Å²) in [5, 5.41) is 13.3. The molecule has 1 aliphatic carbocycles. The predicted molar refractivity (Wildman–Crippen MR) is 189 cm³/mol. The van der Waals surface area contributed by atoms with Crippen molar-refractivity contribution >= 4 is 29.8 Å². The molecular formula is C37H44N4O11S. The van der Waals surface area contributed by atoms with Gasteiger partial charge in [-0.25, -0.2) is 9.59 Å². The minimum absolute atomic E-state index is 0.0229. The Morgan fingerprint density at radius 1 is 1.19 bits per heavy atom. The summed E-state index contributed by atoms with van der Waals surface area (Å²) in [6.45, 7) is 8.50. The van der Waals surface area contributed by atoms with Gasteiger partial charge in [-0.1, -0.05) is 18.7 Å². The lowest BCUT2D eigenvalue weighted by Gasteiger charge is -2.64. The van der Waals surface area contributed by atoms with Crippen molar-refractivity contribution in [1.82, 2.24) is 15.1 Å². The van der Waals surface area contributed by atoms with Crippen LogP contribution in [0.1, 0.15) is 36.6 Å². The van der Waals surface area contributed by atoms with Crippen LogP contribution in [0.15, 0.2) is 41.4 Å².